The first-order valence-corrected chi connectivity index (χ1v) is 5.01. The fourth-order valence-corrected chi connectivity index (χ4v) is 1.74. The number of aliphatic hydroxyl groups excluding tert-OH is 1. The third kappa shape index (κ3) is 3.15. The molecule has 1 rings (SSSR count). The van der Waals surface area contributed by atoms with Crippen LogP contribution in [0.15, 0.2) is 0 Å². The molecule has 0 radical (unpaired) electrons. The Morgan fingerprint density at radius 3 is 3.00 bits per heavy atom. The molecular formula is C9H15ClN2O. The van der Waals surface area contributed by atoms with Crippen molar-refractivity contribution in [2.24, 2.45) is 5.92 Å². The summed E-state index contributed by atoms with van der Waals surface area (Å²) in [6.07, 6.45) is 0.715. The zero-order valence-corrected chi connectivity index (χ0v) is 8.54. The minimum absolute atomic E-state index is 0.267. The molecule has 3 unspecified atom stereocenters. The summed E-state index contributed by atoms with van der Waals surface area (Å²) in [4.78, 5) is 2.05. The fourth-order valence-electron chi connectivity index (χ4n) is 1.55. The van der Waals surface area contributed by atoms with Crippen molar-refractivity contribution in [3.05, 3.63) is 0 Å². The largest absolute Gasteiger partial charge is 0.392 e. The summed E-state index contributed by atoms with van der Waals surface area (Å²) in [5, 5.41) is 17.6. The van der Waals surface area contributed by atoms with Crippen LogP contribution in [-0.4, -0.2) is 41.1 Å². The predicted molar refractivity (Wildman–Crippen MR) is 51.5 cm³/mol. The van der Waals surface area contributed by atoms with Gasteiger partial charge >= 0.3 is 0 Å². The first-order chi connectivity index (χ1) is 6.13. The van der Waals surface area contributed by atoms with Crippen molar-refractivity contribution in [3.63, 3.8) is 0 Å². The van der Waals surface area contributed by atoms with Crippen molar-refractivity contribution in [1.82, 2.24) is 4.90 Å². The van der Waals surface area contributed by atoms with Crippen LogP contribution in [0.1, 0.15) is 13.3 Å². The number of hydrogen-bond donors (Lipinski definition) is 1. The summed E-state index contributed by atoms with van der Waals surface area (Å²) in [5.74, 6) is 0.368. The van der Waals surface area contributed by atoms with E-state index in [-0.39, 0.29) is 6.10 Å². The summed E-state index contributed by atoms with van der Waals surface area (Å²) in [5.41, 5.74) is 0. The van der Waals surface area contributed by atoms with E-state index in [2.05, 4.69) is 0 Å². The lowest BCUT2D eigenvalue weighted by molar-refractivity contribution is 0.0305. The van der Waals surface area contributed by atoms with Gasteiger partial charge in [0.25, 0.3) is 0 Å². The van der Waals surface area contributed by atoms with Crippen molar-refractivity contribution < 1.29 is 5.11 Å². The highest BCUT2D eigenvalue weighted by atomic mass is 35.5. The topological polar surface area (TPSA) is 47.3 Å². The van der Waals surface area contributed by atoms with E-state index in [1.165, 1.54) is 0 Å². The lowest BCUT2D eigenvalue weighted by Gasteiger charge is -2.34. The normalized spacial score (nSPS) is 32.5. The highest BCUT2D eigenvalue weighted by molar-refractivity contribution is 6.22. The van der Waals surface area contributed by atoms with Crippen LogP contribution < -0.4 is 0 Å². The quantitative estimate of drug-likeness (QED) is 0.675. The van der Waals surface area contributed by atoms with E-state index in [0.29, 0.717) is 19.0 Å². The smallest absolute Gasteiger partial charge is 0.133 e. The van der Waals surface area contributed by atoms with Crippen molar-refractivity contribution >= 4 is 11.6 Å². The van der Waals surface area contributed by atoms with E-state index in [1.54, 1.807) is 0 Å². The molecule has 1 N–H and O–H groups in total. The molecule has 0 saturated carbocycles. The Bertz CT molecular complexity index is 204. The molecule has 0 amide bonds. The molecule has 1 fully saturated rings. The molecule has 0 bridgehead atoms. The van der Waals surface area contributed by atoms with E-state index >= 15 is 0 Å². The molecule has 0 aromatic heterocycles. The molecule has 1 aliphatic heterocycles. The fraction of sp³-hybridized carbons (Fsp3) is 0.889. The van der Waals surface area contributed by atoms with Crippen LogP contribution in [0.4, 0.5) is 0 Å². The number of β-amino-alcohol motifs (C(OH)–C–C–N with tert-alkyl or cyclic N) is 1. The summed E-state index contributed by atoms with van der Waals surface area (Å²) in [6, 6.07) is 1.98. The van der Waals surface area contributed by atoms with Crippen LogP contribution in [-0.2, 0) is 0 Å². The molecule has 1 saturated heterocycles. The number of alkyl halides is 1. The van der Waals surface area contributed by atoms with E-state index in [1.807, 2.05) is 17.9 Å². The molecule has 4 heteroatoms. The third-order valence-electron chi connectivity index (χ3n) is 2.56. The number of piperidine rings is 1. The molecule has 3 nitrogen and oxygen atoms in total. The van der Waals surface area contributed by atoms with Crippen molar-refractivity contribution in [1.29, 1.82) is 5.26 Å². The second-order valence-electron chi connectivity index (χ2n) is 3.69. The summed E-state index contributed by atoms with van der Waals surface area (Å²) in [7, 11) is 0. The molecule has 0 aromatic carbocycles. The number of nitrogens with zero attached hydrogens (tertiary/aromatic N) is 2. The van der Waals surface area contributed by atoms with E-state index in [4.69, 9.17) is 16.9 Å². The van der Waals surface area contributed by atoms with Gasteiger partial charge in [0.05, 0.1) is 12.2 Å². The van der Waals surface area contributed by atoms with Gasteiger partial charge in [-0.15, -0.1) is 11.6 Å². The van der Waals surface area contributed by atoms with Crippen molar-refractivity contribution in [2.45, 2.75) is 24.8 Å². The first kappa shape index (κ1) is 10.8. The lowest BCUT2D eigenvalue weighted by atomic mass is 9.96. The van der Waals surface area contributed by atoms with Gasteiger partial charge in [-0.1, -0.05) is 6.92 Å². The summed E-state index contributed by atoms with van der Waals surface area (Å²) in [6.45, 7) is 4.18. The van der Waals surface area contributed by atoms with Crippen LogP contribution in [0, 0.1) is 17.2 Å². The van der Waals surface area contributed by atoms with Gasteiger partial charge in [0.2, 0.25) is 0 Å². The Labute approximate surface area is 83.9 Å². The average molecular weight is 203 g/mol. The van der Waals surface area contributed by atoms with Crippen molar-refractivity contribution in [3.8, 4) is 6.07 Å². The van der Waals surface area contributed by atoms with Gasteiger partial charge in [0.15, 0.2) is 0 Å². The zero-order valence-electron chi connectivity index (χ0n) is 7.78. The number of halogens is 1. The Kier molecular flexibility index (Phi) is 3.98. The second-order valence-corrected chi connectivity index (χ2v) is 4.22. The van der Waals surface area contributed by atoms with Crippen LogP contribution in [0.3, 0.4) is 0 Å². The van der Waals surface area contributed by atoms with Gasteiger partial charge in [0, 0.05) is 13.1 Å². The van der Waals surface area contributed by atoms with Crippen LogP contribution >= 0.6 is 11.6 Å². The Morgan fingerprint density at radius 1 is 1.77 bits per heavy atom. The first-order valence-electron chi connectivity index (χ1n) is 4.57. The molecule has 0 aromatic rings. The Balaban J connectivity index is 2.34. The lowest BCUT2D eigenvalue weighted by Crippen LogP contribution is -2.44. The van der Waals surface area contributed by atoms with Gasteiger partial charge in [-0.25, -0.2) is 0 Å². The number of aliphatic hydroxyl groups is 1. The van der Waals surface area contributed by atoms with Crippen molar-refractivity contribution in [2.75, 3.05) is 19.6 Å². The van der Waals surface area contributed by atoms with Gasteiger partial charge in [-0.05, 0) is 18.9 Å². The molecule has 3 atom stereocenters. The van der Waals surface area contributed by atoms with Gasteiger partial charge < -0.3 is 5.11 Å². The molecule has 0 aliphatic carbocycles. The molecule has 74 valence electrons. The van der Waals surface area contributed by atoms with Crippen LogP contribution in [0.5, 0.6) is 0 Å². The maximum Gasteiger partial charge on any atom is 0.133 e. The zero-order chi connectivity index (χ0) is 9.84. The molecule has 1 aliphatic rings. The van der Waals surface area contributed by atoms with Gasteiger partial charge in [0.1, 0.15) is 5.38 Å². The van der Waals surface area contributed by atoms with Crippen LogP contribution in [0.25, 0.3) is 0 Å². The number of hydrogen-bond acceptors (Lipinski definition) is 3. The molecule has 0 spiro atoms. The maximum atomic E-state index is 9.57. The Morgan fingerprint density at radius 2 is 2.46 bits per heavy atom. The van der Waals surface area contributed by atoms with Gasteiger partial charge in [-0.2, -0.15) is 5.26 Å². The second kappa shape index (κ2) is 4.80. The minimum atomic E-state index is -0.458. The highest BCUT2D eigenvalue weighted by Gasteiger charge is 2.25. The van der Waals surface area contributed by atoms with E-state index in [0.717, 1.165) is 13.0 Å². The highest BCUT2D eigenvalue weighted by Crippen LogP contribution is 2.17. The molecular weight excluding hydrogens is 188 g/mol. The monoisotopic (exact) mass is 202 g/mol. The third-order valence-corrected chi connectivity index (χ3v) is 2.80. The van der Waals surface area contributed by atoms with Gasteiger partial charge in [-0.3, -0.25) is 4.90 Å². The predicted octanol–water partition coefficient (Wildman–Crippen LogP) is 0.820. The van der Waals surface area contributed by atoms with E-state index in [9.17, 15) is 5.11 Å². The minimum Gasteiger partial charge on any atom is -0.392 e. The maximum absolute atomic E-state index is 9.57. The number of likely N-dealkylation sites (tertiary alicyclic amines) is 1. The summed E-state index contributed by atoms with van der Waals surface area (Å²) < 4.78 is 0. The average Bonchev–Trinajstić information content (AvgIpc) is 2.11. The standard InChI is InChI=1S/C9H15ClN2O/c1-7-2-3-12(6-9(7)13)5-8(10)4-11/h7-9,13H,2-3,5-6H2,1H3. The molecule has 1 heterocycles. The number of nitriles is 1. The van der Waals surface area contributed by atoms with E-state index < -0.39 is 5.38 Å². The SMILES string of the molecule is CC1CCN(CC(Cl)C#N)CC1O. The van der Waals surface area contributed by atoms with Crippen LogP contribution in [0.2, 0.25) is 0 Å². The summed E-state index contributed by atoms with van der Waals surface area (Å²) >= 11 is 5.70. The number of rotatable bonds is 2. The molecule has 13 heavy (non-hydrogen) atoms. The Hall–Kier alpha value is -0.300.